The highest BCUT2D eigenvalue weighted by atomic mass is 16.1. The Bertz CT molecular complexity index is 612. The third kappa shape index (κ3) is 2.84. The van der Waals surface area contributed by atoms with E-state index in [2.05, 4.69) is 20.3 Å². The van der Waals surface area contributed by atoms with E-state index in [-0.39, 0.29) is 5.91 Å². The normalized spacial score (nSPS) is 10.6. The number of imidazole rings is 1. The van der Waals surface area contributed by atoms with Crippen molar-refractivity contribution in [3.8, 4) is 0 Å². The number of carbonyl (C=O) groups is 1. The summed E-state index contributed by atoms with van der Waals surface area (Å²) in [6.07, 6.45) is 3.26. The van der Waals surface area contributed by atoms with Crippen LogP contribution in [0, 0.1) is 27.7 Å². The molecular weight excluding hydrogens is 254 g/mol. The minimum atomic E-state index is -0.130. The molecule has 0 saturated heterocycles. The highest BCUT2D eigenvalue weighted by molar-refractivity contribution is 5.96. The fraction of sp³-hybridized carbons (Fsp3) is 0.429. The van der Waals surface area contributed by atoms with Gasteiger partial charge in [0.05, 0.1) is 29.0 Å². The number of nitrogens with one attached hydrogen (secondary N) is 1. The highest BCUT2D eigenvalue weighted by Gasteiger charge is 2.13. The lowest BCUT2D eigenvalue weighted by Crippen LogP contribution is -2.29. The molecule has 6 heteroatoms. The van der Waals surface area contributed by atoms with E-state index in [1.165, 1.54) is 6.33 Å². The molecule has 0 aromatic carbocycles. The predicted octanol–water partition coefficient (Wildman–Crippen LogP) is 1.34. The smallest absolute Gasteiger partial charge is 0.255 e. The zero-order valence-corrected chi connectivity index (χ0v) is 12.3. The summed E-state index contributed by atoms with van der Waals surface area (Å²) in [6, 6.07) is 0. The maximum absolute atomic E-state index is 12.2. The summed E-state index contributed by atoms with van der Waals surface area (Å²) in [7, 11) is 0. The average molecular weight is 273 g/mol. The first-order chi connectivity index (χ1) is 9.50. The summed E-state index contributed by atoms with van der Waals surface area (Å²) in [5.74, 6) is -0.130. The zero-order valence-electron chi connectivity index (χ0n) is 12.3. The minimum absolute atomic E-state index is 0.130. The first-order valence-electron chi connectivity index (χ1n) is 6.55. The number of rotatable bonds is 4. The van der Waals surface area contributed by atoms with E-state index in [1.54, 1.807) is 6.33 Å². The molecule has 1 amide bonds. The van der Waals surface area contributed by atoms with Gasteiger partial charge in [0.25, 0.3) is 5.91 Å². The quantitative estimate of drug-likeness (QED) is 0.912. The SMILES string of the molecule is Cc1ncnc(C)c1C(=O)NCCn1cnc(C)c1C. The summed E-state index contributed by atoms with van der Waals surface area (Å²) in [5, 5.41) is 2.90. The van der Waals surface area contributed by atoms with E-state index in [1.807, 2.05) is 32.3 Å². The summed E-state index contributed by atoms with van der Waals surface area (Å²) < 4.78 is 2.02. The molecule has 20 heavy (non-hydrogen) atoms. The number of hydrogen-bond donors (Lipinski definition) is 1. The molecular formula is C14H19N5O. The standard InChI is InChI=1S/C14H19N5O/c1-9-12(4)19(8-18-9)6-5-15-14(20)13-10(2)16-7-17-11(13)3/h7-8H,5-6H2,1-4H3,(H,15,20). The minimum Gasteiger partial charge on any atom is -0.350 e. The van der Waals surface area contributed by atoms with Crippen LogP contribution in [0.15, 0.2) is 12.7 Å². The molecule has 0 unspecified atom stereocenters. The summed E-state index contributed by atoms with van der Waals surface area (Å²) in [4.78, 5) is 24.5. The second kappa shape index (κ2) is 5.81. The molecule has 0 bridgehead atoms. The molecule has 0 aliphatic heterocycles. The molecule has 0 aliphatic carbocycles. The molecule has 0 radical (unpaired) electrons. The maximum Gasteiger partial charge on any atom is 0.255 e. The van der Waals surface area contributed by atoms with Crippen molar-refractivity contribution in [3.63, 3.8) is 0 Å². The molecule has 106 valence electrons. The van der Waals surface area contributed by atoms with Gasteiger partial charge < -0.3 is 9.88 Å². The van der Waals surface area contributed by atoms with Gasteiger partial charge in [-0.2, -0.15) is 0 Å². The van der Waals surface area contributed by atoms with Crippen LogP contribution in [0.25, 0.3) is 0 Å². The topological polar surface area (TPSA) is 72.7 Å². The van der Waals surface area contributed by atoms with Gasteiger partial charge in [-0.3, -0.25) is 4.79 Å². The molecule has 0 saturated carbocycles. The Morgan fingerprint density at radius 1 is 1.10 bits per heavy atom. The third-order valence-corrected chi connectivity index (χ3v) is 3.44. The van der Waals surface area contributed by atoms with E-state index in [0.29, 0.717) is 30.0 Å². The lowest BCUT2D eigenvalue weighted by molar-refractivity contribution is 0.0950. The van der Waals surface area contributed by atoms with Gasteiger partial charge in [0, 0.05) is 18.8 Å². The van der Waals surface area contributed by atoms with Crippen molar-refractivity contribution in [2.24, 2.45) is 0 Å². The largest absolute Gasteiger partial charge is 0.350 e. The molecule has 0 fully saturated rings. The molecule has 2 aromatic heterocycles. The van der Waals surface area contributed by atoms with Gasteiger partial charge in [-0.25, -0.2) is 15.0 Å². The molecule has 0 spiro atoms. The van der Waals surface area contributed by atoms with Crippen molar-refractivity contribution < 1.29 is 4.79 Å². The molecule has 0 aliphatic rings. The molecule has 1 N–H and O–H groups in total. The van der Waals surface area contributed by atoms with Gasteiger partial charge in [-0.15, -0.1) is 0 Å². The van der Waals surface area contributed by atoms with Crippen molar-refractivity contribution in [1.82, 2.24) is 24.8 Å². The monoisotopic (exact) mass is 273 g/mol. The number of hydrogen-bond acceptors (Lipinski definition) is 4. The number of nitrogens with zero attached hydrogens (tertiary/aromatic N) is 4. The average Bonchev–Trinajstić information content (AvgIpc) is 2.70. The van der Waals surface area contributed by atoms with Crippen LogP contribution >= 0.6 is 0 Å². The number of aromatic nitrogens is 4. The Hall–Kier alpha value is -2.24. The van der Waals surface area contributed by atoms with Gasteiger partial charge in [-0.05, 0) is 27.7 Å². The lowest BCUT2D eigenvalue weighted by Gasteiger charge is -2.10. The first-order valence-corrected chi connectivity index (χ1v) is 6.55. The lowest BCUT2D eigenvalue weighted by atomic mass is 10.1. The van der Waals surface area contributed by atoms with Gasteiger partial charge >= 0.3 is 0 Å². The zero-order chi connectivity index (χ0) is 14.7. The Kier molecular flexibility index (Phi) is 4.12. The third-order valence-electron chi connectivity index (χ3n) is 3.44. The fourth-order valence-corrected chi connectivity index (χ4v) is 2.07. The summed E-state index contributed by atoms with van der Waals surface area (Å²) in [6.45, 7) is 8.86. The van der Waals surface area contributed by atoms with E-state index >= 15 is 0 Å². The predicted molar refractivity (Wildman–Crippen MR) is 75.5 cm³/mol. The van der Waals surface area contributed by atoms with Gasteiger partial charge in [0.2, 0.25) is 0 Å². The molecule has 2 aromatic rings. The Labute approximate surface area is 118 Å². The van der Waals surface area contributed by atoms with Crippen LogP contribution in [0.1, 0.15) is 33.1 Å². The van der Waals surface area contributed by atoms with Crippen molar-refractivity contribution in [2.45, 2.75) is 34.2 Å². The highest BCUT2D eigenvalue weighted by Crippen LogP contribution is 2.08. The maximum atomic E-state index is 12.2. The van der Waals surface area contributed by atoms with Crippen molar-refractivity contribution in [1.29, 1.82) is 0 Å². The van der Waals surface area contributed by atoms with Crippen LogP contribution in [-0.4, -0.2) is 32.0 Å². The second-order valence-corrected chi connectivity index (χ2v) is 4.78. The van der Waals surface area contributed by atoms with Gasteiger partial charge in [0.1, 0.15) is 6.33 Å². The Morgan fingerprint density at radius 3 is 2.30 bits per heavy atom. The Balaban J connectivity index is 1.98. The fourth-order valence-electron chi connectivity index (χ4n) is 2.07. The van der Waals surface area contributed by atoms with Crippen LogP contribution in [0.5, 0.6) is 0 Å². The molecule has 2 rings (SSSR count). The van der Waals surface area contributed by atoms with Crippen LogP contribution < -0.4 is 5.32 Å². The molecule has 0 atom stereocenters. The number of amides is 1. The summed E-state index contributed by atoms with van der Waals surface area (Å²) >= 11 is 0. The van der Waals surface area contributed by atoms with E-state index in [0.717, 1.165) is 11.4 Å². The number of carbonyl (C=O) groups excluding carboxylic acids is 1. The second-order valence-electron chi connectivity index (χ2n) is 4.78. The van der Waals surface area contributed by atoms with E-state index in [9.17, 15) is 4.79 Å². The van der Waals surface area contributed by atoms with Gasteiger partial charge in [-0.1, -0.05) is 0 Å². The van der Waals surface area contributed by atoms with Crippen LogP contribution in [-0.2, 0) is 6.54 Å². The van der Waals surface area contributed by atoms with Crippen LogP contribution in [0.3, 0.4) is 0 Å². The van der Waals surface area contributed by atoms with E-state index in [4.69, 9.17) is 0 Å². The van der Waals surface area contributed by atoms with Crippen molar-refractivity contribution >= 4 is 5.91 Å². The van der Waals surface area contributed by atoms with E-state index < -0.39 is 0 Å². The Morgan fingerprint density at radius 2 is 1.75 bits per heavy atom. The number of aryl methyl sites for hydroxylation is 3. The summed E-state index contributed by atoms with van der Waals surface area (Å²) in [5.41, 5.74) is 4.09. The van der Waals surface area contributed by atoms with Crippen LogP contribution in [0.4, 0.5) is 0 Å². The van der Waals surface area contributed by atoms with Crippen molar-refractivity contribution in [2.75, 3.05) is 6.54 Å². The molecule has 6 nitrogen and oxygen atoms in total. The van der Waals surface area contributed by atoms with Crippen LogP contribution in [0.2, 0.25) is 0 Å². The first kappa shape index (κ1) is 14.2. The molecule has 2 heterocycles. The van der Waals surface area contributed by atoms with Gasteiger partial charge in [0.15, 0.2) is 0 Å². The van der Waals surface area contributed by atoms with Crippen molar-refractivity contribution in [3.05, 3.63) is 41.0 Å².